The highest BCUT2D eigenvalue weighted by Gasteiger charge is 2.56. The lowest BCUT2D eigenvalue weighted by Gasteiger charge is -2.42. The van der Waals surface area contributed by atoms with Gasteiger partial charge in [0.15, 0.2) is 0 Å². The van der Waals surface area contributed by atoms with Crippen molar-refractivity contribution in [2.45, 2.75) is 62.3 Å². The number of carboxylic acid groups (broad SMARTS) is 1. The van der Waals surface area contributed by atoms with Crippen LogP contribution in [0.3, 0.4) is 0 Å². The molecular weight excluding hydrogens is 518 g/mol. The Balaban J connectivity index is 1.59. The van der Waals surface area contributed by atoms with Crippen molar-refractivity contribution in [3.63, 3.8) is 0 Å². The molecule has 12 heteroatoms. The summed E-state index contributed by atoms with van der Waals surface area (Å²) < 4.78 is 85.8. The Morgan fingerprint density at radius 3 is 2.21 bits per heavy atom. The minimum Gasteiger partial charge on any atom is -0.481 e. The van der Waals surface area contributed by atoms with Crippen LogP contribution in [-0.4, -0.2) is 35.7 Å². The third-order valence-electron chi connectivity index (χ3n) is 7.12. The molecule has 2 bridgehead atoms. The van der Waals surface area contributed by atoms with Crippen LogP contribution in [0.25, 0.3) is 0 Å². The van der Waals surface area contributed by atoms with Gasteiger partial charge >= 0.3 is 18.3 Å². The zero-order valence-corrected chi connectivity index (χ0v) is 20.0. The molecule has 2 saturated heterocycles. The molecular formula is C26H26F6N2O4. The van der Waals surface area contributed by atoms with Crippen LogP contribution in [0.4, 0.5) is 26.3 Å². The SMILES string of the molecule is O=C(O)CCNC(=O)C1CC2(c3ccccc3)NC1CCC2OCc1cc(C(F)(F)F)cc(C(F)(F)F)c1. The maximum atomic E-state index is 13.3. The number of hydrogen-bond acceptors (Lipinski definition) is 4. The summed E-state index contributed by atoms with van der Waals surface area (Å²) in [5, 5.41) is 14.9. The van der Waals surface area contributed by atoms with Gasteiger partial charge in [0.05, 0.1) is 41.7 Å². The lowest BCUT2D eigenvalue weighted by Crippen LogP contribution is -2.54. The zero-order valence-electron chi connectivity index (χ0n) is 20.0. The van der Waals surface area contributed by atoms with Gasteiger partial charge in [0.1, 0.15) is 0 Å². The first-order valence-corrected chi connectivity index (χ1v) is 12.0. The Hall–Kier alpha value is -3.12. The minimum atomic E-state index is -4.96. The average molecular weight is 544 g/mol. The Morgan fingerprint density at radius 2 is 1.63 bits per heavy atom. The average Bonchev–Trinajstić information content (AvgIpc) is 3.17. The summed E-state index contributed by atoms with van der Waals surface area (Å²) >= 11 is 0. The molecule has 0 saturated carbocycles. The molecule has 0 radical (unpaired) electrons. The van der Waals surface area contributed by atoms with Crippen LogP contribution < -0.4 is 10.6 Å². The molecule has 0 aromatic heterocycles. The van der Waals surface area contributed by atoms with Gasteiger partial charge in [0, 0.05) is 12.6 Å². The fourth-order valence-electron chi connectivity index (χ4n) is 5.40. The van der Waals surface area contributed by atoms with Crippen molar-refractivity contribution in [2.75, 3.05) is 6.54 Å². The maximum Gasteiger partial charge on any atom is 0.416 e. The van der Waals surface area contributed by atoms with Gasteiger partial charge in [-0.3, -0.25) is 9.59 Å². The summed E-state index contributed by atoms with van der Waals surface area (Å²) in [5.41, 5.74) is -3.23. The van der Waals surface area contributed by atoms with E-state index in [0.29, 0.717) is 25.0 Å². The Labute approximate surface area is 214 Å². The quantitative estimate of drug-likeness (QED) is 0.413. The smallest absolute Gasteiger partial charge is 0.416 e. The van der Waals surface area contributed by atoms with Crippen molar-refractivity contribution in [3.05, 3.63) is 70.8 Å². The summed E-state index contributed by atoms with van der Waals surface area (Å²) in [5.74, 6) is -1.90. The topological polar surface area (TPSA) is 87.7 Å². The van der Waals surface area contributed by atoms with Gasteiger partial charge in [-0.05, 0) is 48.6 Å². The van der Waals surface area contributed by atoms with E-state index < -0.39 is 53.6 Å². The molecule has 3 N–H and O–H groups in total. The number of hydrogen-bond donors (Lipinski definition) is 3. The van der Waals surface area contributed by atoms with Crippen LogP contribution in [0, 0.1) is 5.92 Å². The van der Waals surface area contributed by atoms with E-state index in [9.17, 15) is 35.9 Å². The van der Waals surface area contributed by atoms with Gasteiger partial charge < -0.3 is 20.5 Å². The Morgan fingerprint density at radius 1 is 1.00 bits per heavy atom. The molecule has 38 heavy (non-hydrogen) atoms. The van der Waals surface area contributed by atoms with E-state index in [1.165, 1.54) is 0 Å². The van der Waals surface area contributed by atoms with Gasteiger partial charge in [0.2, 0.25) is 5.91 Å². The van der Waals surface area contributed by atoms with Gasteiger partial charge in [-0.25, -0.2) is 0 Å². The molecule has 2 fully saturated rings. The normalized spacial score (nSPS) is 25.3. The van der Waals surface area contributed by atoms with Crippen molar-refractivity contribution in [3.8, 4) is 0 Å². The number of carbonyl (C=O) groups is 2. The van der Waals surface area contributed by atoms with E-state index in [1.807, 2.05) is 12.1 Å². The number of carboxylic acids is 1. The van der Waals surface area contributed by atoms with Crippen LogP contribution in [-0.2, 0) is 38.8 Å². The second-order valence-electron chi connectivity index (χ2n) is 9.62. The number of aliphatic carboxylic acids is 1. The highest BCUT2D eigenvalue weighted by molar-refractivity contribution is 5.81. The molecule has 2 heterocycles. The first-order chi connectivity index (χ1) is 17.8. The highest BCUT2D eigenvalue weighted by Crippen LogP contribution is 2.48. The van der Waals surface area contributed by atoms with Crippen molar-refractivity contribution < 1.29 is 45.8 Å². The second-order valence-corrected chi connectivity index (χ2v) is 9.62. The molecule has 2 aliphatic heterocycles. The van der Waals surface area contributed by atoms with E-state index >= 15 is 0 Å². The summed E-state index contributed by atoms with van der Waals surface area (Å²) in [7, 11) is 0. The number of rotatable bonds is 8. The van der Waals surface area contributed by atoms with E-state index in [-0.39, 0.29) is 43.0 Å². The fraction of sp³-hybridized carbons (Fsp3) is 0.462. The summed E-state index contributed by atoms with van der Waals surface area (Å²) in [6, 6.07) is 10.1. The van der Waals surface area contributed by atoms with Crippen LogP contribution in [0.5, 0.6) is 0 Å². The molecule has 206 valence electrons. The molecule has 4 unspecified atom stereocenters. The molecule has 4 rings (SSSR count). The molecule has 1 amide bonds. The zero-order chi connectivity index (χ0) is 27.7. The standard InChI is InChI=1S/C26H26F6N2O4/c27-25(28,29)17-10-15(11-18(12-17)26(30,31)32)14-38-21-7-6-20-19(23(37)33-9-8-22(35)36)13-24(21,34-20)16-4-2-1-3-5-16/h1-5,10-12,19-21,34H,6-9,13-14H2,(H,33,37)(H,35,36). The fourth-order valence-corrected chi connectivity index (χ4v) is 5.40. The van der Waals surface area contributed by atoms with Crippen LogP contribution in [0.15, 0.2) is 48.5 Å². The molecule has 2 aliphatic rings. The number of benzene rings is 2. The second kappa shape index (κ2) is 10.6. The van der Waals surface area contributed by atoms with Crippen LogP contribution >= 0.6 is 0 Å². The van der Waals surface area contributed by atoms with E-state index in [0.717, 1.165) is 5.56 Å². The summed E-state index contributed by atoms with van der Waals surface area (Å²) in [6.07, 6.45) is -9.66. The van der Waals surface area contributed by atoms with Gasteiger partial charge in [-0.2, -0.15) is 26.3 Å². The lowest BCUT2D eigenvalue weighted by molar-refractivity contribution is -0.143. The molecule has 0 aliphatic carbocycles. The lowest BCUT2D eigenvalue weighted by atomic mass is 9.80. The summed E-state index contributed by atoms with van der Waals surface area (Å²) in [4.78, 5) is 23.7. The Bertz CT molecular complexity index is 1140. The number of piperidine rings is 1. The maximum absolute atomic E-state index is 13.3. The first-order valence-electron chi connectivity index (χ1n) is 12.0. The van der Waals surface area contributed by atoms with Gasteiger partial charge in [0.25, 0.3) is 0 Å². The number of amides is 1. The third kappa shape index (κ3) is 5.96. The van der Waals surface area contributed by atoms with Crippen molar-refractivity contribution in [1.82, 2.24) is 10.6 Å². The predicted molar refractivity (Wildman–Crippen MR) is 123 cm³/mol. The van der Waals surface area contributed by atoms with Gasteiger partial charge in [-0.1, -0.05) is 30.3 Å². The van der Waals surface area contributed by atoms with E-state index in [2.05, 4.69) is 10.6 Å². The molecule has 0 spiro atoms. The van der Waals surface area contributed by atoms with E-state index in [1.54, 1.807) is 18.2 Å². The van der Waals surface area contributed by atoms with Crippen molar-refractivity contribution in [1.29, 1.82) is 0 Å². The highest BCUT2D eigenvalue weighted by atomic mass is 19.4. The molecule has 4 atom stereocenters. The molecule has 2 aromatic carbocycles. The monoisotopic (exact) mass is 544 g/mol. The largest absolute Gasteiger partial charge is 0.481 e. The number of carbonyl (C=O) groups excluding carboxylic acids is 1. The number of nitrogens with one attached hydrogen (secondary N) is 2. The van der Waals surface area contributed by atoms with Crippen LogP contribution in [0.2, 0.25) is 0 Å². The first kappa shape index (κ1) is 27.9. The molecule has 2 aromatic rings. The van der Waals surface area contributed by atoms with E-state index in [4.69, 9.17) is 9.84 Å². The van der Waals surface area contributed by atoms with Gasteiger partial charge in [-0.15, -0.1) is 0 Å². The third-order valence-corrected chi connectivity index (χ3v) is 7.12. The minimum absolute atomic E-state index is 0.0350. The predicted octanol–water partition coefficient (Wildman–Crippen LogP) is 4.87. The van der Waals surface area contributed by atoms with Crippen LogP contribution in [0.1, 0.15) is 47.9 Å². The number of fused-ring (bicyclic) bond motifs is 2. The van der Waals surface area contributed by atoms with Crippen molar-refractivity contribution in [2.24, 2.45) is 5.92 Å². The summed E-state index contributed by atoms with van der Waals surface area (Å²) in [6.45, 7) is -0.527. The number of ether oxygens (including phenoxy) is 1. The Kier molecular flexibility index (Phi) is 7.76. The number of alkyl halides is 6. The van der Waals surface area contributed by atoms with Crippen molar-refractivity contribution >= 4 is 11.9 Å². The number of halogens is 6. The molecule has 6 nitrogen and oxygen atoms in total.